The zero-order chi connectivity index (χ0) is 39.6. The molecule has 3 nitrogen and oxygen atoms in total. The van der Waals surface area contributed by atoms with Crippen molar-refractivity contribution in [3.05, 3.63) is 156 Å². The van der Waals surface area contributed by atoms with E-state index in [1.807, 2.05) is 0 Å². The van der Waals surface area contributed by atoms with Crippen molar-refractivity contribution in [2.75, 3.05) is 0 Å². The predicted molar refractivity (Wildman–Crippen MR) is 244 cm³/mol. The van der Waals surface area contributed by atoms with Crippen LogP contribution in [0.15, 0.2) is 144 Å². The Morgan fingerprint density at radius 1 is 0.404 bits per heavy atom. The van der Waals surface area contributed by atoms with Crippen LogP contribution in [0, 0.1) is 0 Å². The second-order valence-electron chi connectivity index (χ2n) is 19.1. The number of para-hydroxylation sites is 3. The second kappa shape index (κ2) is 12.2. The molecule has 0 fully saturated rings. The van der Waals surface area contributed by atoms with Crippen molar-refractivity contribution in [2.24, 2.45) is 0 Å². The highest BCUT2D eigenvalue weighted by molar-refractivity contribution is 6.29. The highest BCUT2D eigenvalue weighted by Gasteiger charge is 2.28. The zero-order valence-electron chi connectivity index (χ0n) is 34.6. The Balaban J connectivity index is 1.23. The normalized spacial score (nSPS) is 13.0. The third-order valence-electron chi connectivity index (χ3n) is 12.1. The summed E-state index contributed by atoms with van der Waals surface area (Å²) in [6, 6.07) is 51.7. The molecule has 0 aliphatic heterocycles. The van der Waals surface area contributed by atoms with Crippen molar-refractivity contribution in [3.8, 4) is 22.5 Å². The zero-order valence-corrected chi connectivity index (χ0v) is 34.6. The van der Waals surface area contributed by atoms with Gasteiger partial charge in [-0.05, 0) is 105 Å². The van der Waals surface area contributed by atoms with Gasteiger partial charge in [-0.15, -0.1) is 0 Å². The number of fused-ring (bicyclic) bond motifs is 10. The van der Waals surface area contributed by atoms with Crippen molar-refractivity contribution < 1.29 is 4.42 Å². The molecule has 10 rings (SSSR count). The lowest BCUT2D eigenvalue weighted by atomic mass is 9.78. The van der Waals surface area contributed by atoms with Crippen molar-refractivity contribution in [1.82, 2.24) is 9.13 Å². The van der Waals surface area contributed by atoms with Crippen LogP contribution in [0.1, 0.15) is 79.0 Å². The maximum Gasteiger partial charge on any atom is 0.139 e. The summed E-state index contributed by atoms with van der Waals surface area (Å²) in [7, 11) is 0. The van der Waals surface area contributed by atoms with Crippen LogP contribution in [0.5, 0.6) is 0 Å². The summed E-state index contributed by atoms with van der Waals surface area (Å²) in [5.41, 5.74) is 15.2. The highest BCUT2D eigenvalue weighted by Crippen LogP contribution is 2.46. The Bertz CT molecular complexity index is 3220. The van der Waals surface area contributed by atoms with Crippen LogP contribution < -0.4 is 0 Å². The molecule has 0 atom stereocenters. The van der Waals surface area contributed by atoms with Crippen molar-refractivity contribution >= 4 is 65.6 Å². The van der Waals surface area contributed by atoms with E-state index in [0.717, 1.165) is 16.9 Å². The van der Waals surface area contributed by atoms with E-state index >= 15 is 0 Å². The monoisotopic (exact) mass is 742 g/mol. The molecule has 3 aromatic heterocycles. The van der Waals surface area contributed by atoms with Crippen LogP contribution in [0.3, 0.4) is 0 Å². The summed E-state index contributed by atoms with van der Waals surface area (Å²) in [5, 5.41) is 7.47. The molecule has 0 bridgehead atoms. The summed E-state index contributed by atoms with van der Waals surface area (Å²) in [6.45, 7) is 20.8. The summed E-state index contributed by atoms with van der Waals surface area (Å²) in [6.07, 6.45) is 0. The fraction of sp³-hybridized carbons (Fsp3) is 0.222. The van der Waals surface area contributed by atoms with Crippen LogP contribution >= 0.6 is 0 Å². The van der Waals surface area contributed by atoms with Gasteiger partial charge in [0.05, 0.1) is 22.1 Å². The number of furan rings is 1. The van der Waals surface area contributed by atoms with Gasteiger partial charge >= 0.3 is 0 Å². The van der Waals surface area contributed by atoms with Crippen LogP contribution in [0.4, 0.5) is 0 Å². The first-order chi connectivity index (χ1) is 27.2. The van der Waals surface area contributed by atoms with E-state index in [1.54, 1.807) is 0 Å². The van der Waals surface area contributed by atoms with Gasteiger partial charge in [0.2, 0.25) is 0 Å². The summed E-state index contributed by atoms with van der Waals surface area (Å²) >= 11 is 0. The third kappa shape index (κ3) is 5.46. The molecule has 0 aliphatic carbocycles. The molecule has 0 aliphatic rings. The van der Waals surface area contributed by atoms with Gasteiger partial charge in [-0.25, -0.2) is 0 Å². The van der Waals surface area contributed by atoms with Crippen molar-refractivity contribution in [3.63, 3.8) is 0 Å². The maximum absolute atomic E-state index is 6.93. The van der Waals surface area contributed by atoms with Crippen molar-refractivity contribution in [2.45, 2.75) is 78.6 Å². The van der Waals surface area contributed by atoms with Gasteiger partial charge in [0.15, 0.2) is 0 Å². The average molecular weight is 743 g/mol. The quantitative estimate of drug-likeness (QED) is 0.177. The molecule has 282 valence electrons. The Morgan fingerprint density at radius 2 is 0.965 bits per heavy atom. The molecule has 3 heteroatoms. The molecular weight excluding hydrogens is 693 g/mol. The van der Waals surface area contributed by atoms with Crippen molar-refractivity contribution in [1.29, 1.82) is 0 Å². The van der Waals surface area contributed by atoms with E-state index in [1.165, 1.54) is 87.9 Å². The summed E-state index contributed by atoms with van der Waals surface area (Å²) in [5.74, 6) is 0. The molecule has 0 N–H and O–H groups in total. The molecule has 0 saturated heterocycles. The molecule has 0 radical (unpaired) electrons. The molecular formula is C54H50N2O. The summed E-state index contributed by atoms with van der Waals surface area (Å²) in [4.78, 5) is 0. The molecule has 0 unspecified atom stereocenters. The minimum Gasteiger partial charge on any atom is -0.456 e. The molecule has 10 aromatic rings. The minimum absolute atomic E-state index is 0.0164. The van der Waals surface area contributed by atoms with Crippen LogP contribution in [-0.4, -0.2) is 9.13 Å². The van der Waals surface area contributed by atoms with E-state index in [9.17, 15) is 0 Å². The molecule has 0 saturated carbocycles. The molecule has 57 heavy (non-hydrogen) atoms. The van der Waals surface area contributed by atoms with Gasteiger partial charge in [0.1, 0.15) is 11.2 Å². The fourth-order valence-electron chi connectivity index (χ4n) is 9.24. The smallest absolute Gasteiger partial charge is 0.139 e. The van der Waals surface area contributed by atoms with E-state index < -0.39 is 0 Å². The van der Waals surface area contributed by atoms with Gasteiger partial charge in [0, 0.05) is 49.3 Å². The highest BCUT2D eigenvalue weighted by atomic mass is 16.3. The minimum atomic E-state index is -0.108. The molecule has 3 heterocycles. The first-order valence-electron chi connectivity index (χ1n) is 20.4. The molecule has 7 aromatic carbocycles. The number of hydrogen-bond donors (Lipinski definition) is 0. The Hall–Kier alpha value is -6.06. The van der Waals surface area contributed by atoms with E-state index in [2.05, 4.69) is 211 Å². The Morgan fingerprint density at radius 3 is 1.56 bits per heavy atom. The first kappa shape index (κ1) is 35.4. The lowest BCUT2D eigenvalue weighted by Gasteiger charge is -2.25. The molecule has 0 amide bonds. The Labute approximate surface area is 335 Å². The second-order valence-corrected chi connectivity index (χ2v) is 19.1. The predicted octanol–water partition coefficient (Wildman–Crippen LogP) is 15.3. The van der Waals surface area contributed by atoms with Gasteiger partial charge in [-0.2, -0.15) is 0 Å². The number of rotatable bonds is 3. The maximum atomic E-state index is 6.93. The van der Waals surface area contributed by atoms with Gasteiger partial charge in [0.25, 0.3) is 0 Å². The summed E-state index contributed by atoms with van der Waals surface area (Å²) < 4.78 is 11.8. The number of nitrogens with zero attached hydrogens (tertiary/aromatic N) is 2. The Kier molecular flexibility index (Phi) is 7.58. The fourth-order valence-corrected chi connectivity index (χ4v) is 9.24. The van der Waals surface area contributed by atoms with Gasteiger partial charge in [-0.1, -0.05) is 135 Å². The first-order valence-corrected chi connectivity index (χ1v) is 20.4. The van der Waals surface area contributed by atoms with E-state index in [0.29, 0.717) is 0 Å². The van der Waals surface area contributed by atoms with Gasteiger partial charge < -0.3 is 13.6 Å². The molecule has 0 spiro atoms. The third-order valence-corrected chi connectivity index (χ3v) is 12.1. The topological polar surface area (TPSA) is 23.0 Å². The SMILES string of the molecule is CC(C)(C)c1cc(C(C)(C)C)c2oc3cc(-c4cccc(-n5c6ccccc6c6c7c8ccccc8n(-c8ccccc8)c7ccc65)c4)c(C(C)(C)C)cc3c2c1. The lowest BCUT2D eigenvalue weighted by Crippen LogP contribution is -2.16. The van der Waals surface area contributed by atoms with Crippen LogP contribution in [-0.2, 0) is 16.2 Å². The van der Waals surface area contributed by atoms with E-state index in [-0.39, 0.29) is 16.2 Å². The standard InChI is InChI=1S/C54H50N2O/c1-52(2,3)34-29-41-40-31-42(53(4,5)6)39(32-48(40)57-51(41)43(30-34)54(7,8)9)33-18-17-21-36(28-33)56-45-25-16-14-23-38(45)50-47(56)27-26-46-49(50)37-22-13-15-24-44(37)55(46)35-19-11-10-12-20-35/h10-32H,1-9H3. The number of aromatic nitrogens is 2. The number of benzene rings is 7. The average Bonchev–Trinajstić information content (AvgIpc) is 3.83. The lowest BCUT2D eigenvalue weighted by molar-refractivity contribution is 0.559. The largest absolute Gasteiger partial charge is 0.456 e. The van der Waals surface area contributed by atoms with Crippen LogP contribution in [0.2, 0.25) is 0 Å². The number of hydrogen-bond acceptors (Lipinski definition) is 1. The van der Waals surface area contributed by atoms with E-state index in [4.69, 9.17) is 4.42 Å². The van der Waals surface area contributed by atoms with Crippen LogP contribution in [0.25, 0.3) is 88.1 Å². The van der Waals surface area contributed by atoms with Gasteiger partial charge in [-0.3, -0.25) is 0 Å².